The third-order valence-corrected chi connectivity index (χ3v) is 5.09. The zero-order valence-electron chi connectivity index (χ0n) is 15.8. The SMILES string of the molecule is C#Cc1ncn2c1Cc1c(C(=O)c3ccc(F)cc3)nnn1-c1cc(OC)ccc1-2. The first kappa shape index (κ1) is 17.8. The number of imidazole rings is 1. The molecule has 0 radical (unpaired) electrons. The van der Waals surface area contributed by atoms with Crippen LogP contribution in [0, 0.1) is 18.2 Å². The fourth-order valence-electron chi connectivity index (χ4n) is 3.60. The second-order valence-electron chi connectivity index (χ2n) is 6.72. The van der Waals surface area contributed by atoms with Crippen molar-refractivity contribution in [1.29, 1.82) is 0 Å². The molecule has 2 aromatic heterocycles. The molecule has 30 heavy (non-hydrogen) atoms. The summed E-state index contributed by atoms with van der Waals surface area (Å²) < 4.78 is 22.1. The number of hydrogen-bond donors (Lipinski definition) is 0. The first-order chi connectivity index (χ1) is 14.6. The highest BCUT2D eigenvalue weighted by atomic mass is 19.1. The van der Waals surface area contributed by atoms with Gasteiger partial charge in [-0.2, -0.15) is 0 Å². The van der Waals surface area contributed by atoms with Crippen molar-refractivity contribution in [2.75, 3.05) is 7.11 Å². The van der Waals surface area contributed by atoms with E-state index in [2.05, 4.69) is 21.2 Å². The zero-order valence-corrected chi connectivity index (χ0v) is 15.8. The Balaban J connectivity index is 1.74. The summed E-state index contributed by atoms with van der Waals surface area (Å²) in [6.45, 7) is 0. The number of terminal acetylenes is 1. The van der Waals surface area contributed by atoms with E-state index in [1.807, 2.05) is 22.8 Å². The molecule has 0 amide bonds. The molecule has 0 N–H and O–H groups in total. The van der Waals surface area contributed by atoms with Crippen LogP contribution in [0.1, 0.15) is 33.1 Å². The molecule has 1 aliphatic rings. The summed E-state index contributed by atoms with van der Waals surface area (Å²) in [5.41, 5.74) is 3.74. The van der Waals surface area contributed by atoms with Crippen molar-refractivity contribution in [3.8, 4) is 29.5 Å². The lowest BCUT2D eigenvalue weighted by molar-refractivity contribution is 0.103. The quantitative estimate of drug-likeness (QED) is 0.345. The number of carbonyl (C=O) groups excluding carboxylic acids is 1. The summed E-state index contributed by atoms with van der Waals surface area (Å²) in [6.07, 6.45) is 7.59. The van der Waals surface area contributed by atoms with Gasteiger partial charge in [0.05, 0.1) is 29.9 Å². The first-order valence-corrected chi connectivity index (χ1v) is 9.07. The molecule has 0 bridgehead atoms. The molecular weight excluding hydrogens is 385 g/mol. The molecule has 1 aliphatic heterocycles. The Morgan fingerprint density at radius 1 is 1.17 bits per heavy atom. The van der Waals surface area contributed by atoms with E-state index in [1.54, 1.807) is 18.1 Å². The maximum atomic E-state index is 13.3. The Hall–Kier alpha value is -4.25. The molecule has 7 nitrogen and oxygen atoms in total. The van der Waals surface area contributed by atoms with Gasteiger partial charge in [0.25, 0.3) is 0 Å². The minimum absolute atomic E-state index is 0.174. The van der Waals surface area contributed by atoms with Gasteiger partial charge in [-0.25, -0.2) is 14.1 Å². The van der Waals surface area contributed by atoms with Gasteiger partial charge < -0.3 is 4.74 Å². The van der Waals surface area contributed by atoms with Crippen molar-refractivity contribution in [1.82, 2.24) is 24.5 Å². The fraction of sp³-hybridized carbons (Fsp3) is 0.0909. The van der Waals surface area contributed by atoms with Crippen LogP contribution in [0.15, 0.2) is 48.8 Å². The number of methoxy groups -OCH3 is 1. The molecule has 0 fully saturated rings. The zero-order chi connectivity index (χ0) is 20.8. The van der Waals surface area contributed by atoms with Gasteiger partial charge in [-0.15, -0.1) is 11.5 Å². The molecule has 2 aromatic carbocycles. The summed E-state index contributed by atoms with van der Waals surface area (Å²) in [4.78, 5) is 17.4. The van der Waals surface area contributed by atoms with Gasteiger partial charge in [0, 0.05) is 18.1 Å². The van der Waals surface area contributed by atoms with E-state index < -0.39 is 5.82 Å². The van der Waals surface area contributed by atoms with Crippen molar-refractivity contribution in [3.63, 3.8) is 0 Å². The molecule has 0 aliphatic carbocycles. The van der Waals surface area contributed by atoms with Crippen LogP contribution < -0.4 is 4.74 Å². The molecule has 0 atom stereocenters. The van der Waals surface area contributed by atoms with Gasteiger partial charge in [0.1, 0.15) is 23.6 Å². The molecule has 146 valence electrons. The van der Waals surface area contributed by atoms with Crippen LogP contribution in [0.25, 0.3) is 11.4 Å². The topological polar surface area (TPSA) is 74.8 Å². The number of aromatic nitrogens is 5. The van der Waals surface area contributed by atoms with Gasteiger partial charge in [-0.05, 0) is 42.3 Å². The number of rotatable bonds is 3. The Morgan fingerprint density at radius 3 is 2.70 bits per heavy atom. The average molecular weight is 399 g/mol. The molecule has 5 rings (SSSR count). The van der Waals surface area contributed by atoms with E-state index in [9.17, 15) is 9.18 Å². The summed E-state index contributed by atoms with van der Waals surface area (Å²) in [5.74, 6) is 2.45. The highest BCUT2D eigenvalue weighted by molar-refractivity contribution is 6.08. The predicted octanol–water partition coefficient (Wildman–Crippen LogP) is 2.72. The van der Waals surface area contributed by atoms with Crippen LogP contribution in [-0.2, 0) is 6.42 Å². The van der Waals surface area contributed by atoms with Crippen LogP contribution in [0.2, 0.25) is 0 Å². The molecule has 0 spiro atoms. The summed E-state index contributed by atoms with van der Waals surface area (Å²) in [5, 5.41) is 8.40. The molecule has 4 aromatic rings. The monoisotopic (exact) mass is 399 g/mol. The van der Waals surface area contributed by atoms with Crippen molar-refractivity contribution in [2.24, 2.45) is 0 Å². The Kier molecular flexibility index (Phi) is 3.96. The number of hydrogen-bond acceptors (Lipinski definition) is 5. The van der Waals surface area contributed by atoms with Crippen molar-refractivity contribution >= 4 is 5.78 Å². The lowest BCUT2D eigenvalue weighted by atomic mass is 10.0. The number of carbonyl (C=O) groups is 1. The maximum absolute atomic E-state index is 13.3. The maximum Gasteiger partial charge on any atom is 0.215 e. The number of fused-ring (bicyclic) bond motifs is 5. The number of nitrogens with zero attached hydrogens (tertiary/aromatic N) is 5. The van der Waals surface area contributed by atoms with Crippen LogP contribution in [0.3, 0.4) is 0 Å². The average Bonchev–Trinajstić information content (AvgIpc) is 3.35. The normalized spacial score (nSPS) is 11.6. The third-order valence-electron chi connectivity index (χ3n) is 5.09. The van der Waals surface area contributed by atoms with Crippen LogP contribution in [0.4, 0.5) is 4.39 Å². The molecular formula is C22H14FN5O2. The van der Waals surface area contributed by atoms with Crippen molar-refractivity contribution in [2.45, 2.75) is 6.42 Å². The smallest absolute Gasteiger partial charge is 0.215 e. The number of ether oxygens (including phenoxy) is 1. The highest BCUT2D eigenvalue weighted by Crippen LogP contribution is 2.32. The molecule has 3 heterocycles. The Bertz CT molecular complexity index is 1350. The van der Waals surface area contributed by atoms with Crippen LogP contribution in [-0.4, -0.2) is 37.4 Å². The molecule has 0 saturated heterocycles. The Labute approximate surface area is 170 Å². The fourth-order valence-corrected chi connectivity index (χ4v) is 3.60. The highest BCUT2D eigenvalue weighted by Gasteiger charge is 2.29. The van der Waals surface area contributed by atoms with E-state index in [-0.39, 0.29) is 11.5 Å². The standard InChI is InChI=1S/C22H14FN5O2/c1-3-16-18-11-20-21(22(29)13-4-6-14(23)7-5-13)25-26-28(20)19-10-15(30-2)8-9-17(19)27(18)12-24-16/h1,4-10,12H,11H2,2H3. The van der Waals surface area contributed by atoms with Crippen LogP contribution in [0.5, 0.6) is 5.75 Å². The Morgan fingerprint density at radius 2 is 1.97 bits per heavy atom. The van der Waals surface area contributed by atoms with Gasteiger partial charge in [0.15, 0.2) is 5.69 Å². The van der Waals surface area contributed by atoms with E-state index in [4.69, 9.17) is 11.2 Å². The molecule has 0 saturated carbocycles. The second kappa shape index (κ2) is 6.67. The van der Waals surface area contributed by atoms with E-state index >= 15 is 0 Å². The van der Waals surface area contributed by atoms with Gasteiger partial charge >= 0.3 is 0 Å². The van der Waals surface area contributed by atoms with Crippen LogP contribution >= 0.6 is 0 Å². The summed E-state index contributed by atoms with van der Waals surface area (Å²) >= 11 is 0. The first-order valence-electron chi connectivity index (χ1n) is 9.07. The van der Waals surface area contributed by atoms with Crippen molar-refractivity contribution in [3.05, 3.63) is 82.9 Å². The van der Waals surface area contributed by atoms with Gasteiger partial charge in [0.2, 0.25) is 5.78 Å². The predicted molar refractivity (Wildman–Crippen MR) is 106 cm³/mol. The van der Waals surface area contributed by atoms with Gasteiger partial charge in [-0.3, -0.25) is 9.36 Å². The lowest BCUT2D eigenvalue weighted by Crippen LogP contribution is -2.09. The van der Waals surface area contributed by atoms with Gasteiger partial charge in [-0.1, -0.05) is 5.21 Å². The minimum atomic E-state index is -0.420. The van der Waals surface area contributed by atoms with E-state index in [1.165, 1.54) is 24.3 Å². The van der Waals surface area contributed by atoms with E-state index in [0.29, 0.717) is 34.8 Å². The van der Waals surface area contributed by atoms with Crippen molar-refractivity contribution < 1.29 is 13.9 Å². The second-order valence-corrected chi connectivity index (χ2v) is 6.72. The molecule has 8 heteroatoms. The summed E-state index contributed by atoms with van der Waals surface area (Å²) in [7, 11) is 1.57. The number of halogens is 1. The number of ketones is 1. The summed E-state index contributed by atoms with van der Waals surface area (Å²) in [6, 6.07) is 10.8. The van der Waals surface area contributed by atoms with E-state index in [0.717, 1.165) is 11.4 Å². The lowest BCUT2D eigenvalue weighted by Gasteiger charge is -2.11. The largest absolute Gasteiger partial charge is 0.497 e. The molecule has 0 unspecified atom stereocenters. The third kappa shape index (κ3) is 2.60. The minimum Gasteiger partial charge on any atom is -0.497 e. The number of benzene rings is 2.